The summed E-state index contributed by atoms with van der Waals surface area (Å²) in [4.78, 5) is 2.16. The number of likely N-dealkylation sites (N-methyl/N-ethyl adjacent to an activating group) is 1. The van der Waals surface area contributed by atoms with Crippen LogP contribution in [0.15, 0.2) is 29.4 Å². The number of ether oxygens (including phenoxy) is 2. The molecule has 3 heteroatoms. The molecule has 2 heterocycles. The number of nitrogens with zero attached hydrogens (tertiary/aromatic N) is 1. The first-order valence-corrected chi connectivity index (χ1v) is 4.01. The van der Waals surface area contributed by atoms with E-state index in [1.165, 1.54) is 0 Å². The van der Waals surface area contributed by atoms with Crippen LogP contribution in [0.2, 0.25) is 0 Å². The molecule has 1 saturated heterocycles. The Balaban J connectivity index is 1.81. The number of hydrogen-bond acceptors (Lipinski definition) is 3. The van der Waals surface area contributed by atoms with Crippen molar-refractivity contribution in [2.75, 3.05) is 20.1 Å². The summed E-state index contributed by atoms with van der Waals surface area (Å²) in [7, 11) is 2.05. The van der Waals surface area contributed by atoms with Crippen LogP contribution < -0.4 is 0 Å². The first-order valence-electron chi connectivity index (χ1n) is 4.01. The van der Waals surface area contributed by atoms with Crippen LogP contribution in [-0.4, -0.2) is 30.8 Å². The molecular weight excluding hydrogens is 154 g/mol. The summed E-state index contributed by atoms with van der Waals surface area (Å²) in [6.07, 6.45) is 3.64. The van der Waals surface area contributed by atoms with Crippen LogP contribution in [0.3, 0.4) is 0 Å². The molecule has 0 N–H and O–H groups in total. The van der Waals surface area contributed by atoms with E-state index in [0.717, 1.165) is 24.6 Å². The molecule has 1 spiro atoms. The quantitative estimate of drug-likeness (QED) is 0.488. The third-order valence-electron chi connectivity index (χ3n) is 2.29. The molecule has 0 radical (unpaired) electrons. The Morgan fingerprint density at radius 2 is 1.92 bits per heavy atom. The van der Waals surface area contributed by atoms with E-state index in [2.05, 4.69) is 10.6 Å². The van der Waals surface area contributed by atoms with Crippen LogP contribution in [0.1, 0.15) is 0 Å². The molecule has 1 fully saturated rings. The highest BCUT2D eigenvalue weighted by Gasteiger charge is 2.51. The van der Waals surface area contributed by atoms with Gasteiger partial charge in [0.15, 0.2) is 11.5 Å². The maximum atomic E-state index is 5.65. The van der Waals surface area contributed by atoms with E-state index in [1.54, 1.807) is 0 Å². The van der Waals surface area contributed by atoms with Gasteiger partial charge in [-0.15, -0.1) is 5.73 Å². The topological polar surface area (TPSA) is 21.7 Å². The molecule has 0 saturated carbocycles. The van der Waals surface area contributed by atoms with E-state index in [4.69, 9.17) is 9.47 Å². The molecule has 0 aromatic rings. The Labute approximate surface area is 70.6 Å². The average molecular weight is 163 g/mol. The van der Waals surface area contributed by atoms with Gasteiger partial charge in [0.25, 0.3) is 5.79 Å². The molecule has 3 nitrogen and oxygen atoms in total. The molecule has 0 atom stereocenters. The van der Waals surface area contributed by atoms with E-state index in [-0.39, 0.29) is 5.79 Å². The lowest BCUT2D eigenvalue weighted by atomic mass is 10.1. The molecule has 0 aromatic carbocycles. The van der Waals surface area contributed by atoms with Crippen LogP contribution >= 0.6 is 0 Å². The molecular formula is C9H9NO2. The zero-order valence-electron chi connectivity index (χ0n) is 6.83. The van der Waals surface area contributed by atoms with Gasteiger partial charge in [0.05, 0.1) is 13.1 Å². The van der Waals surface area contributed by atoms with Gasteiger partial charge in [-0.25, -0.2) is 0 Å². The molecule has 12 heavy (non-hydrogen) atoms. The van der Waals surface area contributed by atoms with Crippen molar-refractivity contribution in [2.45, 2.75) is 5.79 Å². The minimum absolute atomic E-state index is 0.367. The largest absolute Gasteiger partial charge is 0.445 e. The molecule has 0 unspecified atom stereocenters. The molecule has 0 aromatic heterocycles. The smallest absolute Gasteiger partial charge is 0.276 e. The molecule has 0 amide bonds. The fraction of sp³-hybridized carbons (Fsp3) is 0.444. The van der Waals surface area contributed by atoms with Crippen LogP contribution in [0.4, 0.5) is 0 Å². The van der Waals surface area contributed by atoms with Gasteiger partial charge in [-0.3, -0.25) is 4.90 Å². The number of likely N-dealkylation sites (tertiary alicyclic amines) is 1. The molecule has 3 aliphatic rings. The predicted molar refractivity (Wildman–Crippen MR) is 42.1 cm³/mol. The Morgan fingerprint density at radius 3 is 2.42 bits per heavy atom. The van der Waals surface area contributed by atoms with E-state index in [1.807, 2.05) is 19.2 Å². The summed E-state index contributed by atoms with van der Waals surface area (Å²) >= 11 is 0. The van der Waals surface area contributed by atoms with Crippen molar-refractivity contribution in [2.24, 2.45) is 0 Å². The van der Waals surface area contributed by atoms with E-state index < -0.39 is 0 Å². The molecule has 62 valence electrons. The molecule has 2 aliphatic heterocycles. The molecule has 0 bridgehead atoms. The summed E-state index contributed by atoms with van der Waals surface area (Å²) < 4.78 is 11.3. The van der Waals surface area contributed by atoms with Crippen molar-refractivity contribution in [3.05, 3.63) is 29.4 Å². The number of hydrogen-bond donors (Lipinski definition) is 0. The van der Waals surface area contributed by atoms with Crippen molar-refractivity contribution in [1.82, 2.24) is 4.90 Å². The van der Waals surface area contributed by atoms with Crippen LogP contribution in [0, 0.1) is 0 Å². The SMILES string of the molecule is CN1CC2(C1)OC1=C(C=C=C1)O2. The standard InChI is InChI=1S/C9H9NO2/c1-10-5-9(6-10)11-7-3-2-4-8(7)12-9/h3-4H,5-6H2,1H3. The van der Waals surface area contributed by atoms with Gasteiger partial charge < -0.3 is 9.47 Å². The monoisotopic (exact) mass is 163 g/mol. The molecule has 1 aliphatic carbocycles. The van der Waals surface area contributed by atoms with Gasteiger partial charge in [-0.05, 0) is 7.05 Å². The number of rotatable bonds is 0. The van der Waals surface area contributed by atoms with Crippen LogP contribution in [-0.2, 0) is 9.47 Å². The van der Waals surface area contributed by atoms with Crippen molar-refractivity contribution in [3.8, 4) is 0 Å². The maximum absolute atomic E-state index is 5.65. The Bertz CT molecular complexity index is 308. The third-order valence-corrected chi connectivity index (χ3v) is 2.29. The highest BCUT2D eigenvalue weighted by atomic mass is 16.7. The first kappa shape index (κ1) is 6.35. The van der Waals surface area contributed by atoms with Gasteiger partial charge in [0.1, 0.15) is 0 Å². The first-order chi connectivity index (χ1) is 5.77. The van der Waals surface area contributed by atoms with E-state index in [9.17, 15) is 0 Å². The normalized spacial score (nSPS) is 28.8. The fourth-order valence-electron chi connectivity index (χ4n) is 1.82. The van der Waals surface area contributed by atoms with Gasteiger partial charge in [-0.2, -0.15) is 0 Å². The van der Waals surface area contributed by atoms with Crippen LogP contribution in [0.25, 0.3) is 0 Å². The lowest BCUT2D eigenvalue weighted by molar-refractivity contribution is -0.227. The Hall–Kier alpha value is -1.18. The van der Waals surface area contributed by atoms with Crippen molar-refractivity contribution < 1.29 is 9.47 Å². The zero-order valence-corrected chi connectivity index (χ0v) is 6.83. The van der Waals surface area contributed by atoms with Crippen molar-refractivity contribution in [1.29, 1.82) is 0 Å². The summed E-state index contributed by atoms with van der Waals surface area (Å²) in [5.41, 5.74) is 2.93. The van der Waals surface area contributed by atoms with E-state index >= 15 is 0 Å². The fourth-order valence-corrected chi connectivity index (χ4v) is 1.82. The lowest BCUT2D eigenvalue weighted by Gasteiger charge is -2.43. The minimum atomic E-state index is -0.367. The van der Waals surface area contributed by atoms with Gasteiger partial charge >= 0.3 is 0 Å². The second-order valence-electron chi connectivity index (χ2n) is 3.47. The van der Waals surface area contributed by atoms with Crippen molar-refractivity contribution >= 4 is 0 Å². The highest BCUT2D eigenvalue weighted by molar-refractivity contribution is 5.34. The average Bonchev–Trinajstić information content (AvgIpc) is 2.41. The second-order valence-corrected chi connectivity index (χ2v) is 3.47. The third kappa shape index (κ3) is 0.649. The van der Waals surface area contributed by atoms with Crippen LogP contribution in [0.5, 0.6) is 0 Å². The lowest BCUT2D eigenvalue weighted by Crippen LogP contribution is -2.61. The zero-order chi connectivity index (χ0) is 8.18. The van der Waals surface area contributed by atoms with Gasteiger partial charge in [-0.1, -0.05) is 0 Å². The predicted octanol–water partition coefficient (Wildman–Crippen LogP) is 0.611. The van der Waals surface area contributed by atoms with E-state index in [0.29, 0.717) is 0 Å². The van der Waals surface area contributed by atoms with Gasteiger partial charge in [0, 0.05) is 12.2 Å². The summed E-state index contributed by atoms with van der Waals surface area (Å²) in [6, 6.07) is 0. The Kier molecular flexibility index (Phi) is 0.932. The summed E-state index contributed by atoms with van der Waals surface area (Å²) in [5, 5.41) is 0. The highest BCUT2D eigenvalue weighted by Crippen LogP contribution is 2.39. The van der Waals surface area contributed by atoms with Crippen molar-refractivity contribution in [3.63, 3.8) is 0 Å². The second kappa shape index (κ2) is 1.76. The Morgan fingerprint density at radius 1 is 1.33 bits per heavy atom. The summed E-state index contributed by atoms with van der Waals surface area (Å²) in [6.45, 7) is 1.70. The van der Waals surface area contributed by atoms with Gasteiger partial charge in [0.2, 0.25) is 0 Å². The molecule has 3 rings (SSSR count). The minimum Gasteiger partial charge on any atom is -0.445 e. The summed E-state index contributed by atoms with van der Waals surface area (Å²) in [5.74, 6) is 1.31. The maximum Gasteiger partial charge on any atom is 0.276 e. The number of allylic oxidation sites excluding steroid dienone is 2.